The molecule has 12 heteroatoms. The molecule has 10 nitrogen and oxygen atoms in total. The van der Waals surface area contributed by atoms with Gasteiger partial charge in [0.2, 0.25) is 5.91 Å². The quantitative estimate of drug-likeness (QED) is 0.0943. The fraction of sp³-hybridized carbons (Fsp3) is 0.0909. The minimum absolute atomic E-state index is 0.0179. The Morgan fingerprint density at radius 1 is 0.889 bits per heavy atom. The number of carboxylic acid groups (broad SMARTS) is 1. The molecule has 0 spiro atoms. The van der Waals surface area contributed by atoms with Crippen LogP contribution in [0.15, 0.2) is 102 Å². The van der Waals surface area contributed by atoms with Gasteiger partial charge in [0.15, 0.2) is 0 Å². The van der Waals surface area contributed by atoms with E-state index in [2.05, 4.69) is 16.0 Å². The van der Waals surface area contributed by atoms with Crippen molar-refractivity contribution in [2.45, 2.75) is 17.1 Å². The number of rotatable bonds is 11. The van der Waals surface area contributed by atoms with Gasteiger partial charge in [-0.15, -0.1) is 11.8 Å². The molecule has 0 radical (unpaired) electrons. The molecule has 0 saturated carbocycles. The first-order chi connectivity index (χ1) is 21.5. The van der Waals surface area contributed by atoms with Gasteiger partial charge in [-0.1, -0.05) is 35.9 Å². The highest BCUT2D eigenvalue weighted by Crippen LogP contribution is 2.29. The summed E-state index contributed by atoms with van der Waals surface area (Å²) in [5, 5.41) is 26.7. The van der Waals surface area contributed by atoms with Crippen LogP contribution in [-0.4, -0.2) is 46.3 Å². The molecule has 1 unspecified atom stereocenters. The zero-order valence-electron chi connectivity index (χ0n) is 24.0. The molecule has 5 N–H and O–H groups in total. The first-order valence-electron chi connectivity index (χ1n) is 13.4. The third-order valence-electron chi connectivity index (χ3n) is 6.29. The smallest absolute Gasteiger partial charge is 0.335 e. The van der Waals surface area contributed by atoms with Crippen molar-refractivity contribution in [1.29, 1.82) is 0 Å². The summed E-state index contributed by atoms with van der Waals surface area (Å²) < 4.78 is 5.33. The number of methoxy groups -OCH3 is 1. The summed E-state index contributed by atoms with van der Waals surface area (Å²) in [7, 11) is 1.42. The number of carbonyl (C=O) groups excluding carboxylic acids is 3. The maximum absolute atomic E-state index is 13.5. The van der Waals surface area contributed by atoms with E-state index in [1.165, 1.54) is 55.3 Å². The summed E-state index contributed by atoms with van der Waals surface area (Å²) in [6.07, 6.45) is 1.43. The Morgan fingerprint density at radius 2 is 1.64 bits per heavy atom. The molecule has 0 aromatic heterocycles. The molecule has 0 heterocycles. The number of halogens is 1. The summed E-state index contributed by atoms with van der Waals surface area (Å²) >= 11 is 7.35. The van der Waals surface area contributed by atoms with Crippen molar-refractivity contribution in [3.8, 4) is 11.5 Å². The van der Waals surface area contributed by atoms with E-state index in [9.17, 15) is 29.4 Å². The van der Waals surface area contributed by atoms with Gasteiger partial charge >= 0.3 is 5.97 Å². The number of phenolic OH excluding ortho intramolecular Hbond substituents is 1. The van der Waals surface area contributed by atoms with Gasteiger partial charge in [-0.2, -0.15) is 0 Å². The Hall–Kier alpha value is -5.26. The van der Waals surface area contributed by atoms with Crippen molar-refractivity contribution in [2.75, 3.05) is 17.7 Å². The molecule has 45 heavy (non-hydrogen) atoms. The van der Waals surface area contributed by atoms with Gasteiger partial charge in [0.25, 0.3) is 11.8 Å². The van der Waals surface area contributed by atoms with Gasteiger partial charge < -0.3 is 30.9 Å². The molecule has 230 valence electrons. The summed E-state index contributed by atoms with van der Waals surface area (Å²) in [6.45, 7) is 1.67. The van der Waals surface area contributed by atoms with E-state index in [0.717, 1.165) is 0 Å². The maximum atomic E-state index is 13.5. The lowest BCUT2D eigenvalue weighted by molar-refractivity contribution is -0.115. The average molecular weight is 646 g/mol. The highest BCUT2D eigenvalue weighted by Gasteiger charge is 2.19. The van der Waals surface area contributed by atoms with E-state index < -0.39 is 28.9 Å². The SMILES string of the molecule is COc1cc(O)ccc1/C=C(/NC(=O)c1ccccc1)C(=O)Nc1cccc(SC(C)C(=O)Nc2cc(C(=O)O)ccc2Cl)c1. The number of hydrogen-bond donors (Lipinski definition) is 5. The fourth-order valence-corrected chi connectivity index (χ4v) is 5.10. The second-order valence-electron chi connectivity index (χ2n) is 9.54. The average Bonchev–Trinajstić information content (AvgIpc) is 3.02. The predicted molar refractivity (Wildman–Crippen MR) is 174 cm³/mol. The van der Waals surface area contributed by atoms with E-state index in [0.29, 0.717) is 21.7 Å². The van der Waals surface area contributed by atoms with Gasteiger partial charge in [0.1, 0.15) is 17.2 Å². The second-order valence-corrected chi connectivity index (χ2v) is 11.4. The molecule has 0 aliphatic heterocycles. The third-order valence-corrected chi connectivity index (χ3v) is 7.71. The van der Waals surface area contributed by atoms with Crippen molar-refractivity contribution < 1.29 is 34.1 Å². The van der Waals surface area contributed by atoms with Crippen LogP contribution in [0.25, 0.3) is 6.08 Å². The molecule has 4 rings (SSSR count). The van der Waals surface area contributed by atoms with Crippen molar-refractivity contribution in [3.05, 3.63) is 118 Å². The van der Waals surface area contributed by atoms with Crippen LogP contribution in [0.3, 0.4) is 0 Å². The number of benzene rings is 4. The lowest BCUT2D eigenvalue weighted by atomic mass is 10.1. The molecule has 3 amide bonds. The Morgan fingerprint density at radius 3 is 2.36 bits per heavy atom. The van der Waals surface area contributed by atoms with Crippen molar-refractivity contribution in [2.24, 2.45) is 0 Å². The number of carbonyl (C=O) groups is 4. The van der Waals surface area contributed by atoms with Crippen molar-refractivity contribution >= 4 is 64.5 Å². The van der Waals surface area contributed by atoms with Gasteiger partial charge in [0, 0.05) is 27.8 Å². The molecule has 0 aliphatic carbocycles. The number of hydrogen-bond acceptors (Lipinski definition) is 7. The standard InChI is InChI=1S/C33H28ClN3O7S/c1-19(30(39)36-27-16-22(33(42)43)12-14-26(27)34)45-25-10-6-9-23(17-25)35-32(41)28(37-31(40)20-7-4-3-5-8-20)15-21-11-13-24(38)18-29(21)44-2/h3-19,38H,1-2H3,(H,35,41)(H,36,39)(H,37,40)(H,42,43)/b28-15+. The first-order valence-corrected chi connectivity index (χ1v) is 14.7. The van der Waals surface area contributed by atoms with Crippen LogP contribution in [0.4, 0.5) is 11.4 Å². The number of aromatic carboxylic acids is 1. The van der Waals surface area contributed by atoms with E-state index in [-0.39, 0.29) is 33.5 Å². The summed E-state index contributed by atoms with van der Waals surface area (Å²) in [5.41, 5.74) is 1.25. The Labute approximate surface area is 268 Å². The molecule has 0 fully saturated rings. The van der Waals surface area contributed by atoms with Gasteiger partial charge in [-0.25, -0.2) is 4.79 Å². The normalized spacial score (nSPS) is 11.7. The number of phenols is 1. The van der Waals surface area contributed by atoms with Gasteiger partial charge in [-0.05, 0) is 73.7 Å². The number of aromatic hydroxyl groups is 1. The van der Waals surface area contributed by atoms with Crippen LogP contribution < -0.4 is 20.7 Å². The van der Waals surface area contributed by atoms with Crippen LogP contribution in [-0.2, 0) is 9.59 Å². The van der Waals surface area contributed by atoms with Crippen molar-refractivity contribution in [3.63, 3.8) is 0 Å². The predicted octanol–water partition coefficient (Wildman–Crippen LogP) is 6.28. The van der Waals surface area contributed by atoms with Crippen LogP contribution in [0.1, 0.15) is 33.2 Å². The maximum Gasteiger partial charge on any atom is 0.335 e. The largest absolute Gasteiger partial charge is 0.508 e. The lowest BCUT2D eigenvalue weighted by Crippen LogP contribution is -2.30. The highest BCUT2D eigenvalue weighted by molar-refractivity contribution is 8.00. The van der Waals surface area contributed by atoms with E-state index >= 15 is 0 Å². The molecule has 4 aromatic carbocycles. The Balaban J connectivity index is 1.52. The Bertz CT molecular complexity index is 1780. The first kappa shape index (κ1) is 32.6. The topological polar surface area (TPSA) is 154 Å². The van der Waals surface area contributed by atoms with E-state index in [1.807, 2.05) is 0 Å². The van der Waals surface area contributed by atoms with Crippen LogP contribution in [0.5, 0.6) is 11.5 Å². The second kappa shape index (κ2) is 15.0. The molecule has 0 saturated heterocycles. The van der Waals surface area contributed by atoms with Crippen LogP contribution in [0.2, 0.25) is 5.02 Å². The molecule has 4 aromatic rings. The van der Waals surface area contributed by atoms with Gasteiger partial charge in [-0.3, -0.25) is 14.4 Å². The molecule has 0 bridgehead atoms. The van der Waals surface area contributed by atoms with E-state index in [1.54, 1.807) is 67.6 Å². The summed E-state index contributed by atoms with van der Waals surface area (Å²) in [5.74, 6) is -2.43. The number of nitrogens with one attached hydrogen (secondary N) is 3. The number of amides is 3. The molecule has 0 aliphatic rings. The Kier molecular flexibility index (Phi) is 10.9. The third kappa shape index (κ3) is 8.88. The van der Waals surface area contributed by atoms with Crippen LogP contribution >= 0.6 is 23.4 Å². The lowest BCUT2D eigenvalue weighted by Gasteiger charge is -2.15. The highest BCUT2D eigenvalue weighted by atomic mass is 35.5. The number of thioether (sulfide) groups is 1. The summed E-state index contributed by atoms with van der Waals surface area (Å²) in [4.78, 5) is 51.3. The number of carboxylic acids is 1. The minimum atomic E-state index is -1.15. The fourth-order valence-electron chi connectivity index (χ4n) is 4.01. The zero-order chi connectivity index (χ0) is 32.5. The number of ether oxygens (including phenoxy) is 1. The summed E-state index contributed by atoms with van der Waals surface area (Å²) in [6, 6.07) is 23.6. The monoisotopic (exact) mass is 645 g/mol. The van der Waals surface area contributed by atoms with Gasteiger partial charge in [0.05, 0.1) is 28.6 Å². The van der Waals surface area contributed by atoms with Crippen molar-refractivity contribution in [1.82, 2.24) is 5.32 Å². The molecular weight excluding hydrogens is 618 g/mol. The zero-order valence-corrected chi connectivity index (χ0v) is 25.6. The molecule has 1 atom stereocenters. The minimum Gasteiger partial charge on any atom is -0.508 e. The number of anilines is 2. The molecular formula is C33H28ClN3O7S. The van der Waals surface area contributed by atoms with Crippen LogP contribution in [0, 0.1) is 0 Å². The van der Waals surface area contributed by atoms with E-state index in [4.69, 9.17) is 16.3 Å².